The van der Waals surface area contributed by atoms with Gasteiger partial charge in [-0.05, 0) is 65.2 Å². The molecular weight excluding hydrogens is 463 g/mol. The molecule has 12 heteroatoms. The second-order valence-electron chi connectivity index (χ2n) is 7.76. The molecule has 1 fully saturated rings. The minimum Gasteiger partial charge on any atom is -0.444 e. The third-order valence-corrected chi connectivity index (χ3v) is 4.74. The van der Waals surface area contributed by atoms with E-state index in [-0.39, 0.29) is 33.8 Å². The number of aliphatic imine (C=N–C) groups is 1. The van der Waals surface area contributed by atoms with Crippen molar-refractivity contribution in [2.24, 2.45) is 10.9 Å². The van der Waals surface area contributed by atoms with Gasteiger partial charge in [0.25, 0.3) is 0 Å². The number of carbonyl (C=O) groups excluding carboxylic acids is 1. The number of ether oxygens (including phenoxy) is 1. The number of nitrogens with zero attached hydrogens (tertiary/aromatic N) is 4. The molecule has 0 aliphatic carbocycles. The lowest BCUT2D eigenvalue weighted by Crippen LogP contribution is -2.53. The van der Waals surface area contributed by atoms with E-state index in [0.717, 1.165) is 0 Å². The van der Waals surface area contributed by atoms with Gasteiger partial charge < -0.3 is 15.0 Å². The lowest BCUT2D eigenvalue weighted by atomic mass is 10.0. The van der Waals surface area contributed by atoms with Crippen molar-refractivity contribution >= 4 is 39.4 Å². The van der Waals surface area contributed by atoms with Gasteiger partial charge in [0.05, 0.1) is 10.2 Å². The second-order valence-corrected chi connectivity index (χ2v) is 8.62. The molecule has 3 rings (SSSR count). The Kier molecular flexibility index (Phi) is 6.56. The van der Waals surface area contributed by atoms with E-state index in [1.165, 1.54) is 18.2 Å². The zero-order valence-electron chi connectivity index (χ0n) is 16.6. The van der Waals surface area contributed by atoms with Gasteiger partial charge in [0, 0.05) is 25.6 Å². The van der Waals surface area contributed by atoms with Crippen molar-refractivity contribution in [2.75, 3.05) is 25.0 Å². The number of benzene rings is 1. The van der Waals surface area contributed by atoms with Crippen LogP contribution in [0.1, 0.15) is 26.5 Å². The number of hydrogen-bond donors (Lipinski definition) is 3. The summed E-state index contributed by atoms with van der Waals surface area (Å²) < 4.78 is 23.7. The van der Waals surface area contributed by atoms with Crippen LogP contribution >= 0.6 is 15.9 Å². The topological polar surface area (TPSA) is 125 Å². The lowest BCUT2D eigenvalue weighted by Gasteiger charge is -2.39. The van der Waals surface area contributed by atoms with Crippen LogP contribution in [0.4, 0.5) is 20.7 Å². The Balaban J connectivity index is 1.60. The van der Waals surface area contributed by atoms with Crippen LogP contribution in [0.25, 0.3) is 0 Å². The third-order valence-electron chi connectivity index (χ3n) is 4.13. The molecule has 1 aliphatic heterocycles. The van der Waals surface area contributed by atoms with E-state index in [9.17, 15) is 14.4 Å². The average Bonchev–Trinajstić information content (AvgIpc) is 3.08. The van der Waals surface area contributed by atoms with Crippen LogP contribution in [-0.2, 0) is 4.74 Å². The summed E-state index contributed by atoms with van der Waals surface area (Å²) in [7, 11) is 0. The first kappa shape index (κ1) is 22.0. The van der Waals surface area contributed by atoms with Crippen LogP contribution in [0, 0.1) is 11.7 Å². The highest BCUT2D eigenvalue weighted by atomic mass is 79.9. The van der Waals surface area contributed by atoms with Crippen molar-refractivity contribution in [3.05, 3.63) is 34.2 Å². The average molecular weight is 485 g/mol. The predicted molar refractivity (Wildman–Crippen MR) is 109 cm³/mol. The summed E-state index contributed by atoms with van der Waals surface area (Å²) in [6, 6.07) is 4.13. The van der Waals surface area contributed by atoms with Crippen LogP contribution in [0.2, 0.25) is 0 Å². The molecule has 0 saturated carbocycles. The number of anilines is 1. The molecule has 0 atom stereocenters. The lowest BCUT2D eigenvalue weighted by molar-refractivity contribution is 0.000828. The quantitative estimate of drug-likeness (QED) is 0.335. The fourth-order valence-electron chi connectivity index (χ4n) is 2.69. The Morgan fingerprint density at radius 2 is 2.17 bits per heavy atom. The Morgan fingerprint density at radius 1 is 1.43 bits per heavy atom. The maximum absolute atomic E-state index is 13.4. The van der Waals surface area contributed by atoms with Crippen molar-refractivity contribution in [2.45, 2.75) is 26.4 Å². The molecule has 162 valence electrons. The SMILES string of the molecule is CC(C)(C)OC(=O)N1CC(CNc2nonc2C(=Nc2ccc(F)c(Br)c2)NO)C1. The number of rotatable bonds is 5. The summed E-state index contributed by atoms with van der Waals surface area (Å²) in [6.07, 6.45) is -0.341. The van der Waals surface area contributed by atoms with Gasteiger partial charge in [0.2, 0.25) is 5.82 Å². The summed E-state index contributed by atoms with van der Waals surface area (Å²) in [5.41, 5.74) is 1.95. The molecule has 3 N–H and O–H groups in total. The summed E-state index contributed by atoms with van der Waals surface area (Å²) in [5, 5.41) is 20.1. The Labute approximate surface area is 180 Å². The minimum atomic E-state index is -0.533. The van der Waals surface area contributed by atoms with Crippen molar-refractivity contribution in [1.82, 2.24) is 20.7 Å². The number of aromatic nitrogens is 2. The van der Waals surface area contributed by atoms with Crippen molar-refractivity contribution in [3.8, 4) is 0 Å². The first-order valence-electron chi connectivity index (χ1n) is 9.15. The van der Waals surface area contributed by atoms with Crippen molar-refractivity contribution in [1.29, 1.82) is 0 Å². The maximum atomic E-state index is 13.4. The highest BCUT2D eigenvalue weighted by Crippen LogP contribution is 2.24. The molecule has 0 bridgehead atoms. The normalized spacial score (nSPS) is 15.0. The van der Waals surface area contributed by atoms with E-state index < -0.39 is 11.4 Å². The largest absolute Gasteiger partial charge is 0.444 e. The molecule has 0 radical (unpaired) electrons. The molecule has 0 unspecified atom stereocenters. The molecule has 1 amide bonds. The third kappa shape index (κ3) is 5.45. The highest BCUT2D eigenvalue weighted by molar-refractivity contribution is 9.10. The number of hydroxylamine groups is 1. The monoisotopic (exact) mass is 484 g/mol. The molecular formula is C18H22BrFN6O4. The maximum Gasteiger partial charge on any atom is 0.410 e. The fraction of sp³-hybridized carbons (Fsp3) is 0.444. The van der Waals surface area contributed by atoms with Gasteiger partial charge in [-0.1, -0.05) is 0 Å². The van der Waals surface area contributed by atoms with E-state index in [2.05, 4.69) is 36.6 Å². The van der Waals surface area contributed by atoms with Crippen LogP contribution in [0.3, 0.4) is 0 Å². The molecule has 0 spiro atoms. The molecule has 2 heterocycles. The van der Waals surface area contributed by atoms with Crippen LogP contribution < -0.4 is 10.8 Å². The highest BCUT2D eigenvalue weighted by Gasteiger charge is 2.33. The second kappa shape index (κ2) is 8.96. The fourth-order valence-corrected chi connectivity index (χ4v) is 3.06. The van der Waals surface area contributed by atoms with E-state index in [4.69, 9.17) is 9.37 Å². The summed E-state index contributed by atoms with van der Waals surface area (Å²) in [5.74, 6) is 0.00452. The van der Waals surface area contributed by atoms with Gasteiger partial charge in [-0.25, -0.2) is 18.8 Å². The molecule has 1 aromatic heterocycles. The number of halogens is 2. The number of likely N-dealkylation sites (tertiary alicyclic amines) is 1. The summed E-state index contributed by atoms with van der Waals surface area (Å²) in [4.78, 5) is 17.8. The first-order valence-corrected chi connectivity index (χ1v) is 9.94. The van der Waals surface area contributed by atoms with Crippen LogP contribution in [0.15, 0.2) is 32.3 Å². The molecule has 1 saturated heterocycles. The molecule has 1 aliphatic rings. The van der Waals surface area contributed by atoms with E-state index >= 15 is 0 Å². The van der Waals surface area contributed by atoms with Gasteiger partial charge in [-0.15, -0.1) is 0 Å². The number of amides is 1. The van der Waals surface area contributed by atoms with Crippen LogP contribution in [-0.4, -0.2) is 57.6 Å². The van der Waals surface area contributed by atoms with Crippen molar-refractivity contribution < 1.29 is 23.8 Å². The number of nitrogens with one attached hydrogen (secondary N) is 2. The molecule has 30 heavy (non-hydrogen) atoms. The Hall–Kier alpha value is -2.73. The van der Waals surface area contributed by atoms with E-state index in [1.807, 2.05) is 26.3 Å². The zero-order chi connectivity index (χ0) is 21.9. The van der Waals surface area contributed by atoms with Gasteiger partial charge >= 0.3 is 6.09 Å². The predicted octanol–water partition coefficient (Wildman–Crippen LogP) is 3.31. The molecule has 2 aromatic rings. The summed E-state index contributed by atoms with van der Waals surface area (Å²) >= 11 is 3.08. The van der Waals surface area contributed by atoms with E-state index in [0.29, 0.717) is 25.3 Å². The molecule has 1 aromatic carbocycles. The van der Waals surface area contributed by atoms with Gasteiger partial charge in [0.15, 0.2) is 11.5 Å². The van der Waals surface area contributed by atoms with Gasteiger partial charge in [-0.2, -0.15) is 0 Å². The molecule has 10 nitrogen and oxygen atoms in total. The summed E-state index contributed by atoms with van der Waals surface area (Å²) in [6.45, 7) is 7.06. The zero-order valence-corrected chi connectivity index (χ0v) is 18.2. The Morgan fingerprint density at radius 3 is 2.80 bits per heavy atom. The van der Waals surface area contributed by atoms with Gasteiger partial charge in [-0.3, -0.25) is 10.7 Å². The van der Waals surface area contributed by atoms with Crippen LogP contribution in [0.5, 0.6) is 0 Å². The number of amidine groups is 1. The number of carbonyl (C=O) groups is 1. The van der Waals surface area contributed by atoms with Crippen molar-refractivity contribution in [3.63, 3.8) is 0 Å². The Bertz CT molecular complexity index is 939. The minimum absolute atomic E-state index is 0.0266. The number of hydrogen-bond acceptors (Lipinski definition) is 8. The van der Waals surface area contributed by atoms with E-state index in [1.54, 1.807) is 4.90 Å². The standard InChI is InChI=1S/C18H22BrFN6O4/c1-18(2,3)29-17(27)26-8-10(9-26)7-21-15-14(24-30-25-15)16(23-28)22-11-4-5-13(20)12(19)6-11/h4-6,10,28H,7-9H2,1-3H3,(H,21,25)(H,22,23). The smallest absolute Gasteiger partial charge is 0.410 e. The van der Waals surface area contributed by atoms with Gasteiger partial charge in [0.1, 0.15) is 11.4 Å². The first-order chi connectivity index (χ1) is 14.2.